The first kappa shape index (κ1) is 16.7. The van der Waals surface area contributed by atoms with E-state index in [-0.39, 0.29) is 10.1 Å². The Labute approximate surface area is 133 Å². The summed E-state index contributed by atoms with van der Waals surface area (Å²) in [6.07, 6.45) is 3.13. The topological polar surface area (TPSA) is 106 Å². The molecule has 118 valence electrons. The first-order chi connectivity index (χ1) is 9.61. The third-order valence-corrected chi connectivity index (χ3v) is 7.13. The summed E-state index contributed by atoms with van der Waals surface area (Å²) >= 11 is 3.19. The van der Waals surface area contributed by atoms with Gasteiger partial charge in [-0.05, 0) is 53.4 Å². The van der Waals surface area contributed by atoms with Crippen molar-refractivity contribution in [3.63, 3.8) is 0 Å². The lowest BCUT2D eigenvalue weighted by atomic mass is 10.2. The Kier molecular flexibility index (Phi) is 4.67. The van der Waals surface area contributed by atoms with E-state index in [2.05, 4.69) is 20.7 Å². The lowest BCUT2D eigenvalue weighted by Crippen LogP contribution is -2.25. The highest BCUT2D eigenvalue weighted by molar-refractivity contribution is 9.10. The number of rotatable bonds is 4. The molecule has 0 heterocycles. The second-order valence-electron chi connectivity index (χ2n) is 5.20. The third-order valence-electron chi connectivity index (χ3n) is 3.56. The Balaban J connectivity index is 2.36. The van der Waals surface area contributed by atoms with Crippen LogP contribution in [-0.4, -0.2) is 22.1 Å². The Morgan fingerprint density at radius 2 is 1.76 bits per heavy atom. The van der Waals surface area contributed by atoms with Gasteiger partial charge in [0.05, 0.1) is 15.8 Å². The van der Waals surface area contributed by atoms with Gasteiger partial charge in [-0.15, -0.1) is 0 Å². The van der Waals surface area contributed by atoms with Gasteiger partial charge in [-0.1, -0.05) is 12.8 Å². The van der Waals surface area contributed by atoms with E-state index in [4.69, 9.17) is 5.14 Å². The van der Waals surface area contributed by atoms with Gasteiger partial charge in [0.1, 0.15) is 0 Å². The molecule has 0 unspecified atom stereocenters. The second kappa shape index (κ2) is 5.86. The van der Waals surface area contributed by atoms with E-state index in [0.717, 1.165) is 12.8 Å². The molecule has 0 amide bonds. The van der Waals surface area contributed by atoms with Gasteiger partial charge in [-0.2, -0.15) is 0 Å². The highest BCUT2D eigenvalue weighted by Crippen LogP contribution is 2.32. The molecule has 0 aliphatic heterocycles. The maximum Gasteiger partial charge on any atom is 0.238 e. The number of benzene rings is 1. The SMILES string of the molecule is Cc1cc(NS(=O)(=O)C2CCCC2)c(Br)cc1S(N)(=O)=O. The maximum atomic E-state index is 12.3. The Bertz CT molecular complexity index is 754. The molecule has 1 aliphatic carbocycles. The fourth-order valence-electron chi connectivity index (χ4n) is 2.48. The highest BCUT2D eigenvalue weighted by atomic mass is 79.9. The van der Waals surface area contributed by atoms with Crippen molar-refractivity contribution in [2.24, 2.45) is 5.14 Å². The first-order valence-electron chi connectivity index (χ1n) is 6.46. The molecule has 0 radical (unpaired) electrons. The standard InChI is InChI=1S/C12H17BrN2O4S2/c1-8-6-11(10(13)7-12(8)20(14,16)17)15-21(18,19)9-4-2-3-5-9/h6-7,9,15H,2-5H2,1H3,(H2,14,16,17). The zero-order chi connectivity index (χ0) is 15.8. The summed E-state index contributed by atoms with van der Waals surface area (Å²) in [6.45, 7) is 1.57. The monoisotopic (exact) mass is 396 g/mol. The van der Waals surface area contributed by atoms with Gasteiger partial charge in [-0.25, -0.2) is 22.0 Å². The van der Waals surface area contributed by atoms with Crippen LogP contribution in [0.3, 0.4) is 0 Å². The number of anilines is 1. The lowest BCUT2D eigenvalue weighted by Gasteiger charge is -2.16. The molecule has 2 rings (SSSR count). The van der Waals surface area contributed by atoms with Crippen LogP contribution in [0.4, 0.5) is 5.69 Å². The van der Waals surface area contributed by atoms with Crippen molar-refractivity contribution in [3.05, 3.63) is 22.2 Å². The average molecular weight is 397 g/mol. The minimum atomic E-state index is -3.84. The molecule has 0 spiro atoms. The van der Waals surface area contributed by atoms with Crippen LogP contribution in [-0.2, 0) is 20.0 Å². The fourth-order valence-corrected chi connectivity index (χ4v) is 5.59. The van der Waals surface area contributed by atoms with Gasteiger partial charge in [-0.3, -0.25) is 4.72 Å². The van der Waals surface area contributed by atoms with Crippen LogP contribution in [0, 0.1) is 6.92 Å². The molecule has 0 aromatic heterocycles. The van der Waals surface area contributed by atoms with Crippen LogP contribution in [0.2, 0.25) is 0 Å². The molecule has 9 heteroatoms. The number of hydrogen-bond acceptors (Lipinski definition) is 4. The highest BCUT2D eigenvalue weighted by Gasteiger charge is 2.29. The normalized spacial score (nSPS) is 17.1. The number of nitrogens with two attached hydrogens (primary N) is 1. The number of aryl methyl sites for hydroxylation is 1. The number of halogens is 1. The van der Waals surface area contributed by atoms with Crippen molar-refractivity contribution < 1.29 is 16.8 Å². The van der Waals surface area contributed by atoms with Crippen LogP contribution in [0.15, 0.2) is 21.5 Å². The Hall–Kier alpha value is -0.640. The molecule has 6 nitrogen and oxygen atoms in total. The molecule has 0 saturated heterocycles. The van der Waals surface area contributed by atoms with Gasteiger partial charge in [0.15, 0.2) is 0 Å². The smallest absolute Gasteiger partial charge is 0.238 e. The summed E-state index contributed by atoms with van der Waals surface area (Å²) in [6, 6.07) is 2.79. The number of hydrogen-bond donors (Lipinski definition) is 2. The first-order valence-corrected chi connectivity index (χ1v) is 10.3. The van der Waals surface area contributed by atoms with Crippen LogP contribution >= 0.6 is 15.9 Å². The quantitative estimate of drug-likeness (QED) is 0.811. The van der Waals surface area contributed by atoms with E-state index in [1.807, 2.05) is 0 Å². The largest absolute Gasteiger partial charge is 0.282 e. The van der Waals surface area contributed by atoms with Crippen LogP contribution in [0.5, 0.6) is 0 Å². The number of primary sulfonamides is 1. The second-order valence-corrected chi connectivity index (χ2v) is 9.54. The molecule has 21 heavy (non-hydrogen) atoms. The van der Waals surface area contributed by atoms with E-state index < -0.39 is 20.0 Å². The third kappa shape index (κ3) is 3.77. The average Bonchev–Trinajstić information content (AvgIpc) is 2.86. The van der Waals surface area contributed by atoms with Crippen molar-refractivity contribution in [1.82, 2.24) is 0 Å². The molecule has 0 atom stereocenters. The van der Waals surface area contributed by atoms with Crippen LogP contribution < -0.4 is 9.86 Å². The van der Waals surface area contributed by atoms with Crippen molar-refractivity contribution in [3.8, 4) is 0 Å². The van der Waals surface area contributed by atoms with E-state index in [1.54, 1.807) is 6.92 Å². The number of nitrogens with one attached hydrogen (secondary N) is 1. The van der Waals surface area contributed by atoms with E-state index >= 15 is 0 Å². The van der Waals surface area contributed by atoms with Gasteiger partial charge in [0.2, 0.25) is 20.0 Å². The molecule has 1 aromatic carbocycles. The zero-order valence-electron chi connectivity index (χ0n) is 11.5. The molecular formula is C12H17BrN2O4S2. The molecule has 1 saturated carbocycles. The van der Waals surface area contributed by atoms with E-state index in [9.17, 15) is 16.8 Å². The molecular weight excluding hydrogens is 380 g/mol. The van der Waals surface area contributed by atoms with Crippen molar-refractivity contribution in [2.45, 2.75) is 42.8 Å². The summed E-state index contributed by atoms with van der Waals surface area (Å²) in [5.74, 6) is 0. The van der Waals surface area contributed by atoms with Gasteiger partial charge in [0.25, 0.3) is 0 Å². The predicted octanol–water partition coefficient (Wildman–Crippen LogP) is 2.09. The van der Waals surface area contributed by atoms with Crippen molar-refractivity contribution in [2.75, 3.05) is 4.72 Å². The predicted molar refractivity (Wildman–Crippen MR) is 85.1 cm³/mol. The lowest BCUT2D eigenvalue weighted by molar-refractivity contribution is 0.585. The number of sulfonamides is 2. The minimum Gasteiger partial charge on any atom is -0.282 e. The summed E-state index contributed by atoms with van der Waals surface area (Å²) < 4.78 is 50.3. The van der Waals surface area contributed by atoms with Gasteiger partial charge >= 0.3 is 0 Å². The Morgan fingerprint density at radius 1 is 1.19 bits per heavy atom. The summed E-state index contributed by atoms with van der Waals surface area (Å²) in [5.41, 5.74) is 0.719. The van der Waals surface area contributed by atoms with Crippen LogP contribution in [0.1, 0.15) is 31.2 Å². The molecule has 3 N–H and O–H groups in total. The van der Waals surface area contributed by atoms with E-state index in [0.29, 0.717) is 28.6 Å². The fraction of sp³-hybridized carbons (Fsp3) is 0.500. The molecule has 1 aromatic rings. The van der Waals surface area contributed by atoms with Gasteiger partial charge in [0, 0.05) is 4.47 Å². The minimum absolute atomic E-state index is 0.0295. The Morgan fingerprint density at radius 3 is 2.29 bits per heavy atom. The molecule has 1 aliphatic rings. The van der Waals surface area contributed by atoms with Gasteiger partial charge < -0.3 is 0 Å². The zero-order valence-corrected chi connectivity index (χ0v) is 14.7. The van der Waals surface area contributed by atoms with E-state index in [1.165, 1.54) is 12.1 Å². The van der Waals surface area contributed by atoms with Crippen molar-refractivity contribution in [1.29, 1.82) is 0 Å². The molecule has 0 bridgehead atoms. The maximum absolute atomic E-state index is 12.3. The van der Waals surface area contributed by atoms with Crippen LogP contribution in [0.25, 0.3) is 0 Å². The summed E-state index contributed by atoms with van der Waals surface area (Å²) in [7, 11) is -7.30. The summed E-state index contributed by atoms with van der Waals surface area (Å²) in [5, 5.41) is 4.73. The van der Waals surface area contributed by atoms with Crippen molar-refractivity contribution >= 4 is 41.7 Å². The molecule has 1 fully saturated rings. The summed E-state index contributed by atoms with van der Waals surface area (Å²) in [4.78, 5) is -0.0295.